The van der Waals surface area contributed by atoms with Gasteiger partial charge in [-0.1, -0.05) is 62.1 Å². The van der Waals surface area contributed by atoms with E-state index in [1.807, 2.05) is 18.2 Å². The lowest BCUT2D eigenvalue weighted by Crippen LogP contribution is -2.22. The largest absolute Gasteiger partial charge is 0.369 e. The van der Waals surface area contributed by atoms with Crippen molar-refractivity contribution in [1.29, 1.82) is 0 Å². The van der Waals surface area contributed by atoms with E-state index < -0.39 is 8.07 Å². The van der Waals surface area contributed by atoms with E-state index in [1.165, 1.54) is 17.2 Å². The Morgan fingerprint density at radius 2 is 1.70 bits per heavy atom. The van der Waals surface area contributed by atoms with Gasteiger partial charge in [0.05, 0.1) is 17.6 Å². The number of nitrogens with zero attached hydrogens (tertiary/aromatic N) is 2. The molecular weight excluding hydrogens is 352 g/mol. The third-order valence-electron chi connectivity index (χ3n) is 4.62. The first kappa shape index (κ1) is 19.8. The molecular formula is C22H30N2O2Si. The van der Waals surface area contributed by atoms with Crippen LogP contribution in [0.3, 0.4) is 0 Å². The lowest BCUT2D eigenvalue weighted by Gasteiger charge is -2.16. The summed E-state index contributed by atoms with van der Waals surface area (Å²) in [5, 5.41) is 0. The van der Waals surface area contributed by atoms with Crippen LogP contribution >= 0.6 is 0 Å². The Balaban J connectivity index is 1.71. The Hall–Kier alpha value is -1.95. The van der Waals surface area contributed by atoms with Crippen molar-refractivity contribution in [2.75, 3.05) is 6.61 Å². The molecule has 1 heterocycles. The van der Waals surface area contributed by atoms with Gasteiger partial charge < -0.3 is 14.0 Å². The Bertz CT molecular complexity index is 869. The molecule has 2 aromatic carbocycles. The molecule has 0 amide bonds. The third-order valence-corrected chi connectivity index (χ3v) is 6.32. The van der Waals surface area contributed by atoms with Gasteiger partial charge in [-0.3, -0.25) is 0 Å². The first-order valence-corrected chi connectivity index (χ1v) is 13.3. The first-order valence-electron chi connectivity index (χ1n) is 9.58. The van der Waals surface area contributed by atoms with Gasteiger partial charge in [0.2, 0.25) is 0 Å². The van der Waals surface area contributed by atoms with Crippen molar-refractivity contribution >= 4 is 19.1 Å². The van der Waals surface area contributed by atoms with Crippen LogP contribution in [-0.2, 0) is 29.4 Å². The van der Waals surface area contributed by atoms with Crippen LogP contribution in [0.1, 0.15) is 17.0 Å². The standard InChI is InChI=1S/C22H30N2O2Si/c1-18-9-8-12-20-22(18)23-21(16-26-15-19-10-6-5-7-11-19)24(20)17-25-13-14-27(2,3)4/h5-12H,13-17H2,1-4H3. The SMILES string of the molecule is Cc1cccc2c1nc(COCc1ccccc1)n2COCC[Si](C)(C)C. The minimum absolute atomic E-state index is 0.473. The molecule has 0 saturated heterocycles. The van der Waals surface area contributed by atoms with Gasteiger partial charge in [-0.15, -0.1) is 0 Å². The fourth-order valence-corrected chi connectivity index (χ4v) is 3.71. The fraction of sp³-hybridized carbons (Fsp3) is 0.409. The van der Waals surface area contributed by atoms with E-state index in [2.05, 4.69) is 61.5 Å². The molecule has 0 aliphatic heterocycles. The Morgan fingerprint density at radius 1 is 0.926 bits per heavy atom. The summed E-state index contributed by atoms with van der Waals surface area (Å²) in [4.78, 5) is 4.84. The molecule has 27 heavy (non-hydrogen) atoms. The zero-order valence-corrected chi connectivity index (χ0v) is 17.9. The lowest BCUT2D eigenvalue weighted by atomic mass is 10.2. The number of hydrogen-bond acceptors (Lipinski definition) is 3. The normalized spacial score (nSPS) is 12.0. The van der Waals surface area contributed by atoms with E-state index >= 15 is 0 Å². The maximum atomic E-state index is 6.01. The van der Waals surface area contributed by atoms with E-state index in [4.69, 9.17) is 14.5 Å². The zero-order chi connectivity index (χ0) is 19.3. The molecule has 5 heteroatoms. The van der Waals surface area contributed by atoms with Crippen LogP contribution in [0, 0.1) is 6.92 Å². The van der Waals surface area contributed by atoms with Crippen molar-refractivity contribution in [2.24, 2.45) is 0 Å². The van der Waals surface area contributed by atoms with Crippen LogP contribution in [0.2, 0.25) is 25.7 Å². The summed E-state index contributed by atoms with van der Waals surface area (Å²) in [5.41, 5.74) is 4.49. The summed E-state index contributed by atoms with van der Waals surface area (Å²) < 4.78 is 14.1. The van der Waals surface area contributed by atoms with Crippen LogP contribution in [0.5, 0.6) is 0 Å². The van der Waals surface area contributed by atoms with E-state index in [1.54, 1.807) is 0 Å². The molecule has 0 saturated carbocycles. The predicted molar refractivity (Wildman–Crippen MR) is 114 cm³/mol. The minimum atomic E-state index is -1.09. The predicted octanol–water partition coefficient (Wildman–Crippen LogP) is 5.37. The number of rotatable bonds is 9. The second kappa shape index (κ2) is 8.82. The van der Waals surface area contributed by atoms with Crippen LogP contribution in [0.15, 0.2) is 48.5 Å². The fourth-order valence-electron chi connectivity index (χ4n) is 2.96. The second-order valence-corrected chi connectivity index (χ2v) is 13.8. The highest BCUT2D eigenvalue weighted by Gasteiger charge is 2.15. The summed E-state index contributed by atoms with van der Waals surface area (Å²) in [6.45, 7) is 11.6. The quantitative estimate of drug-likeness (QED) is 0.368. The van der Waals surface area contributed by atoms with Gasteiger partial charge in [0.25, 0.3) is 0 Å². The molecule has 3 rings (SSSR count). The number of fused-ring (bicyclic) bond motifs is 1. The molecule has 0 spiro atoms. The van der Waals surface area contributed by atoms with E-state index in [-0.39, 0.29) is 0 Å². The van der Waals surface area contributed by atoms with Crippen LogP contribution in [0.25, 0.3) is 11.0 Å². The van der Waals surface area contributed by atoms with Crippen molar-refractivity contribution in [1.82, 2.24) is 9.55 Å². The number of hydrogen-bond donors (Lipinski definition) is 0. The molecule has 4 nitrogen and oxygen atoms in total. The number of benzene rings is 2. The molecule has 0 atom stereocenters. The summed E-state index contributed by atoms with van der Waals surface area (Å²) in [7, 11) is -1.09. The van der Waals surface area contributed by atoms with E-state index in [9.17, 15) is 0 Å². The minimum Gasteiger partial charge on any atom is -0.369 e. The van der Waals surface area contributed by atoms with E-state index in [0.29, 0.717) is 19.9 Å². The van der Waals surface area contributed by atoms with Crippen molar-refractivity contribution in [3.05, 3.63) is 65.5 Å². The smallest absolute Gasteiger partial charge is 0.137 e. The van der Waals surface area contributed by atoms with Crippen LogP contribution < -0.4 is 0 Å². The second-order valence-electron chi connectivity index (χ2n) is 8.23. The molecule has 144 valence electrons. The van der Waals surface area contributed by atoms with Gasteiger partial charge >= 0.3 is 0 Å². The lowest BCUT2D eigenvalue weighted by molar-refractivity contribution is 0.0695. The average Bonchev–Trinajstić information content (AvgIpc) is 2.98. The third kappa shape index (κ3) is 5.51. The molecule has 0 unspecified atom stereocenters. The molecule has 1 aromatic heterocycles. The molecule has 0 N–H and O–H groups in total. The number of para-hydroxylation sites is 1. The molecule has 0 fully saturated rings. The molecule has 0 bridgehead atoms. The summed E-state index contributed by atoms with van der Waals surface area (Å²) in [5.74, 6) is 0.920. The highest BCUT2D eigenvalue weighted by molar-refractivity contribution is 6.76. The molecule has 0 aliphatic rings. The highest BCUT2D eigenvalue weighted by Crippen LogP contribution is 2.21. The number of aromatic nitrogens is 2. The van der Waals surface area contributed by atoms with Crippen LogP contribution in [0.4, 0.5) is 0 Å². The van der Waals surface area contributed by atoms with Gasteiger partial charge in [-0.2, -0.15) is 0 Å². The zero-order valence-electron chi connectivity index (χ0n) is 16.9. The van der Waals surface area contributed by atoms with E-state index in [0.717, 1.165) is 23.5 Å². The topological polar surface area (TPSA) is 36.3 Å². The molecule has 0 aliphatic carbocycles. The summed E-state index contributed by atoms with van der Waals surface area (Å²) >= 11 is 0. The Kier molecular flexibility index (Phi) is 6.47. The monoisotopic (exact) mass is 382 g/mol. The molecule has 0 radical (unpaired) electrons. The number of aryl methyl sites for hydroxylation is 1. The van der Waals surface area contributed by atoms with Gasteiger partial charge in [-0.05, 0) is 30.2 Å². The number of ether oxygens (including phenoxy) is 2. The van der Waals surface area contributed by atoms with Gasteiger partial charge in [0.15, 0.2) is 0 Å². The van der Waals surface area contributed by atoms with Gasteiger partial charge in [-0.25, -0.2) is 4.98 Å². The van der Waals surface area contributed by atoms with Gasteiger partial charge in [0.1, 0.15) is 19.2 Å². The van der Waals surface area contributed by atoms with Crippen LogP contribution in [-0.4, -0.2) is 24.2 Å². The summed E-state index contributed by atoms with van der Waals surface area (Å²) in [6.07, 6.45) is 0. The van der Waals surface area contributed by atoms with Crippen molar-refractivity contribution in [3.8, 4) is 0 Å². The van der Waals surface area contributed by atoms with Crippen molar-refractivity contribution in [2.45, 2.75) is 52.6 Å². The Labute approximate surface area is 163 Å². The maximum Gasteiger partial charge on any atom is 0.137 e. The number of imidazole rings is 1. The maximum absolute atomic E-state index is 6.01. The van der Waals surface area contributed by atoms with Gasteiger partial charge in [0, 0.05) is 14.7 Å². The highest BCUT2D eigenvalue weighted by atomic mass is 28.3. The van der Waals surface area contributed by atoms with Crippen molar-refractivity contribution in [3.63, 3.8) is 0 Å². The molecule has 3 aromatic rings. The van der Waals surface area contributed by atoms with Crippen molar-refractivity contribution < 1.29 is 9.47 Å². The Morgan fingerprint density at radius 3 is 2.44 bits per heavy atom. The first-order chi connectivity index (χ1) is 12.9. The summed E-state index contributed by atoms with van der Waals surface area (Å²) in [6, 6.07) is 17.7. The average molecular weight is 383 g/mol.